The first kappa shape index (κ1) is 14.3. The minimum atomic E-state index is -2.83. The lowest BCUT2D eigenvalue weighted by Gasteiger charge is -2.33. The van der Waals surface area contributed by atoms with Gasteiger partial charge >= 0.3 is 6.61 Å². The van der Waals surface area contributed by atoms with Crippen LogP contribution >= 0.6 is 0 Å². The third-order valence-corrected chi connectivity index (χ3v) is 3.83. The van der Waals surface area contributed by atoms with Crippen molar-refractivity contribution in [1.82, 2.24) is 5.32 Å². The standard InChI is InChI=1S/C15H18F2N2O2/c16-15(17)21-12-7-5-11(6-8-12)19-9-1-2-13(14(19)20)18-10-3-4-10/h5-8,10,13,15,18H,1-4,9H2. The Labute approximate surface area is 122 Å². The van der Waals surface area contributed by atoms with Crippen LogP contribution in [0, 0.1) is 0 Å². The maximum atomic E-state index is 12.5. The number of piperidine rings is 1. The molecular formula is C15H18F2N2O2. The average Bonchev–Trinajstić information content (AvgIpc) is 3.26. The SMILES string of the molecule is O=C1C(NC2CC2)CCCN1c1ccc(OC(F)F)cc1. The van der Waals surface area contributed by atoms with Gasteiger partial charge in [0.1, 0.15) is 5.75 Å². The topological polar surface area (TPSA) is 41.6 Å². The molecule has 1 N–H and O–H groups in total. The Kier molecular flexibility index (Phi) is 4.05. The molecule has 1 aliphatic carbocycles. The number of hydrogen-bond acceptors (Lipinski definition) is 3. The molecule has 2 fully saturated rings. The van der Waals surface area contributed by atoms with Gasteiger partial charge in [-0.25, -0.2) is 0 Å². The van der Waals surface area contributed by atoms with E-state index in [1.165, 1.54) is 12.1 Å². The summed E-state index contributed by atoms with van der Waals surface area (Å²) in [5, 5.41) is 3.36. The Morgan fingerprint density at radius 1 is 1.19 bits per heavy atom. The van der Waals surface area contributed by atoms with Crippen molar-refractivity contribution in [2.75, 3.05) is 11.4 Å². The molecule has 1 amide bonds. The number of nitrogens with zero attached hydrogens (tertiary/aromatic N) is 1. The molecule has 1 atom stereocenters. The third kappa shape index (κ3) is 3.50. The first-order valence-electron chi connectivity index (χ1n) is 7.26. The van der Waals surface area contributed by atoms with E-state index >= 15 is 0 Å². The van der Waals surface area contributed by atoms with Gasteiger partial charge in [0.25, 0.3) is 0 Å². The zero-order valence-electron chi connectivity index (χ0n) is 11.6. The second-order valence-corrected chi connectivity index (χ2v) is 5.50. The Morgan fingerprint density at radius 3 is 2.52 bits per heavy atom. The van der Waals surface area contributed by atoms with Gasteiger partial charge in [0.2, 0.25) is 5.91 Å². The predicted octanol–water partition coefficient (Wildman–Crippen LogP) is 2.54. The minimum absolute atomic E-state index is 0.0654. The molecule has 6 heteroatoms. The molecule has 0 bridgehead atoms. The number of alkyl halides is 2. The van der Waals surface area contributed by atoms with Crippen molar-refractivity contribution in [1.29, 1.82) is 0 Å². The molecule has 0 aromatic heterocycles. The normalized spacial score (nSPS) is 22.7. The Morgan fingerprint density at radius 2 is 1.90 bits per heavy atom. The van der Waals surface area contributed by atoms with Crippen LogP contribution in [-0.2, 0) is 4.79 Å². The summed E-state index contributed by atoms with van der Waals surface area (Å²) in [7, 11) is 0. The first-order chi connectivity index (χ1) is 10.1. The number of rotatable bonds is 5. The molecule has 1 saturated carbocycles. The number of carbonyl (C=O) groups excluding carboxylic acids is 1. The molecule has 1 unspecified atom stereocenters. The van der Waals surface area contributed by atoms with E-state index in [9.17, 15) is 13.6 Å². The summed E-state index contributed by atoms with van der Waals surface area (Å²) < 4.78 is 28.6. The quantitative estimate of drug-likeness (QED) is 0.908. The molecular weight excluding hydrogens is 278 g/mol. The Bertz CT molecular complexity index is 503. The summed E-state index contributed by atoms with van der Waals surface area (Å²) in [6.45, 7) is -2.17. The Balaban J connectivity index is 1.68. The molecule has 1 heterocycles. The molecule has 1 aromatic carbocycles. The summed E-state index contributed by atoms with van der Waals surface area (Å²) in [6.07, 6.45) is 4.08. The largest absolute Gasteiger partial charge is 0.435 e. The number of amides is 1. The van der Waals surface area contributed by atoms with Gasteiger partial charge < -0.3 is 15.0 Å². The van der Waals surface area contributed by atoms with Crippen LogP contribution < -0.4 is 15.0 Å². The number of anilines is 1. The van der Waals surface area contributed by atoms with Crippen LogP contribution in [0.1, 0.15) is 25.7 Å². The van der Waals surface area contributed by atoms with E-state index in [1.54, 1.807) is 17.0 Å². The fourth-order valence-electron chi connectivity index (χ4n) is 2.63. The smallest absolute Gasteiger partial charge is 0.387 e. The van der Waals surface area contributed by atoms with Gasteiger partial charge in [-0.15, -0.1) is 0 Å². The van der Waals surface area contributed by atoms with Gasteiger partial charge in [-0.3, -0.25) is 4.79 Å². The van der Waals surface area contributed by atoms with Gasteiger partial charge in [0, 0.05) is 18.3 Å². The van der Waals surface area contributed by atoms with Gasteiger partial charge in [0.15, 0.2) is 0 Å². The van der Waals surface area contributed by atoms with Crippen molar-refractivity contribution in [2.45, 2.75) is 44.4 Å². The maximum Gasteiger partial charge on any atom is 0.387 e. The number of carbonyl (C=O) groups is 1. The van der Waals surface area contributed by atoms with Crippen molar-refractivity contribution < 1.29 is 18.3 Å². The zero-order chi connectivity index (χ0) is 14.8. The van der Waals surface area contributed by atoms with Crippen molar-refractivity contribution in [3.63, 3.8) is 0 Å². The molecule has 21 heavy (non-hydrogen) atoms. The van der Waals surface area contributed by atoms with Crippen molar-refractivity contribution in [3.8, 4) is 5.75 Å². The van der Waals surface area contributed by atoms with Crippen LogP contribution in [0.5, 0.6) is 5.75 Å². The number of nitrogens with one attached hydrogen (secondary N) is 1. The highest BCUT2D eigenvalue weighted by Crippen LogP contribution is 2.26. The van der Waals surface area contributed by atoms with E-state index in [0.717, 1.165) is 31.4 Å². The van der Waals surface area contributed by atoms with Crippen LogP contribution in [0.2, 0.25) is 0 Å². The number of benzene rings is 1. The monoisotopic (exact) mass is 296 g/mol. The molecule has 1 aromatic rings. The number of hydrogen-bond donors (Lipinski definition) is 1. The lowest BCUT2D eigenvalue weighted by molar-refractivity contribution is -0.121. The molecule has 2 aliphatic rings. The summed E-state index contributed by atoms with van der Waals surface area (Å²) in [4.78, 5) is 14.2. The van der Waals surface area contributed by atoms with E-state index in [0.29, 0.717) is 12.6 Å². The number of halogens is 2. The van der Waals surface area contributed by atoms with Crippen molar-refractivity contribution in [2.24, 2.45) is 0 Å². The second-order valence-electron chi connectivity index (χ2n) is 5.50. The van der Waals surface area contributed by atoms with Crippen LogP contribution in [0.15, 0.2) is 24.3 Å². The van der Waals surface area contributed by atoms with Gasteiger partial charge in [-0.1, -0.05) is 0 Å². The average molecular weight is 296 g/mol. The zero-order valence-corrected chi connectivity index (χ0v) is 11.6. The summed E-state index contributed by atoms with van der Waals surface area (Å²) in [5.74, 6) is 0.168. The highest BCUT2D eigenvalue weighted by atomic mass is 19.3. The van der Waals surface area contributed by atoms with Gasteiger partial charge in [-0.05, 0) is 49.9 Å². The fourth-order valence-corrected chi connectivity index (χ4v) is 2.63. The van der Waals surface area contributed by atoms with E-state index in [-0.39, 0.29) is 17.7 Å². The van der Waals surface area contributed by atoms with Crippen LogP contribution in [0.25, 0.3) is 0 Å². The molecule has 1 aliphatic heterocycles. The van der Waals surface area contributed by atoms with Gasteiger partial charge in [0.05, 0.1) is 6.04 Å². The van der Waals surface area contributed by atoms with E-state index in [4.69, 9.17) is 0 Å². The minimum Gasteiger partial charge on any atom is -0.435 e. The predicted molar refractivity (Wildman–Crippen MR) is 74.6 cm³/mol. The molecule has 0 spiro atoms. The molecule has 3 rings (SSSR count). The third-order valence-electron chi connectivity index (χ3n) is 3.83. The maximum absolute atomic E-state index is 12.5. The second kappa shape index (κ2) is 5.97. The molecule has 114 valence electrons. The summed E-state index contributed by atoms with van der Waals surface area (Å²) in [5.41, 5.74) is 0.726. The lowest BCUT2D eigenvalue weighted by Crippen LogP contribution is -2.51. The van der Waals surface area contributed by atoms with Crippen molar-refractivity contribution in [3.05, 3.63) is 24.3 Å². The Hall–Kier alpha value is -1.69. The van der Waals surface area contributed by atoms with E-state index < -0.39 is 6.61 Å². The first-order valence-corrected chi connectivity index (χ1v) is 7.26. The fraction of sp³-hybridized carbons (Fsp3) is 0.533. The van der Waals surface area contributed by atoms with Crippen LogP contribution in [-0.4, -0.2) is 31.1 Å². The molecule has 1 saturated heterocycles. The number of ether oxygens (including phenoxy) is 1. The molecule has 4 nitrogen and oxygen atoms in total. The van der Waals surface area contributed by atoms with Crippen LogP contribution in [0.3, 0.4) is 0 Å². The van der Waals surface area contributed by atoms with Gasteiger partial charge in [-0.2, -0.15) is 8.78 Å². The lowest BCUT2D eigenvalue weighted by atomic mass is 10.0. The summed E-state index contributed by atoms with van der Waals surface area (Å²) >= 11 is 0. The van der Waals surface area contributed by atoms with Crippen LogP contribution in [0.4, 0.5) is 14.5 Å². The molecule has 0 radical (unpaired) electrons. The van der Waals surface area contributed by atoms with E-state index in [2.05, 4.69) is 10.1 Å². The summed E-state index contributed by atoms with van der Waals surface area (Å²) in [6, 6.07) is 6.59. The highest BCUT2D eigenvalue weighted by molar-refractivity contribution is 5.98. The highest BCUT2D eigenvalue weighted by Gasteiger charge is 2.33. The van der Waals surface area contributed by atoms with Crippen molar-refractivity contribution >= 4 is 11.6 Å². The van der Waals surface area contributed by atoms with E-state index in [1.807, 2.05) is 0 Å².